The number of aryl methyl sites for hydroxylation is 3. The van der Waals surface area contributed by atoms with E-state index in [1.807, 2.05) is 31.2 Å². The Hall–Kier alpha value is -1.78. The Bertz CT molecular complexity index is 691. The van der Waals surface area contributed by atoms with E-state index in [1.165, 1.54) is 0 Å². The summed E-state index contributed by atoms with van der Waals surface area (Å²) in [6.45, 7) is 5.43. The Balaban J connectivity index is 1.89. The van der Waals surface area contributed by atoms with Crippen LogP contribution >= 0.6 is 11.6 Å². The van der Waals surface area contributed by atoms with Crippen molar-refractivity contribution >= 4 is 17.5 Å². The molecule has 2 N–H and O–H groups in total. The minimum Gasteiger partial charge on any atom is -0.466 e. The summed E-state index contributed by atoms with van der Waals surface area (Å²) in [5.41, 5.74) is 0.473. The molecule has 4 nitrogen and oxygen atoms in total. The van der Waals surface area contributed by atoms with Gasteiger partial charge in [0.15, 0.2) is 0 Å². The average molecular weight is 336 g/mol. The largest absolute Gasteiger partial charge is 0.466 e. The third-order valence-corrected chi connectivity index (χ3v) is 4.20. The first-order valence-electron chi connectivity index (χ1n) is 7.59. The van der Waals surface area contributed by atoms with Crippen LogP contribution < -0.4 is 5.32 Å². The van der Waals surface area contributed by atoms with Crippen LogP contribution in [0.3, 0.4) is 0 Å². The third kappa shape index (κ3) is 4.60. The molecule has 124 valence electrons. The molecule has 0 spiro atoms. The van der Waals surface area contributed by atoms with Crippen molar-refractivity contribution in [1.29, 1.82) is 0 Å². The Morgan fingerprint density at radius 3 is 2.65 bits per heavy atom. The van der Waals surface area contributed by atoms with E-state index in [4.69, 9.17) is 16.0 Å². The molecule has 2 rings (SSSR count). The molecule has 5 heteroatoms. The zero-order valence-electron chi connectivity index (χ0n) is 13.6. The number of carbonyl (C=O) groups is 1. The minimum atomic E-state index is -1.16. The van der Waals surface area contributed by atoms with E-state index in [9.17, 15) is 9.90 Å². The fourth-order valence-electron chi connectivity index (χ4n) is 2.57. The standard InChI is InChI=1S/C18H22ClNO3/c1-12-10-15(13(2)23-12)18(3,22)11-20-17(21)9-8-14-6-4-5-7-16(14)19/h4-7,10,22H,8-9,11H2,1-3H3,(H,20,21). The summed E-state index contributed by atoms with van der Waals surface area (Å²) in [7, 11) is 0. The molecule has 1 aromatic heterocycles. The van der Waals surface area contributed by atoms with Gasteiger partial charge in [-0.2, -0.15) is 0 Å². The molecule has 0 saturated carbocycles. The van der Waals surface area contributed by atoms with Gasteiger partial charge in [-0.15, -0.1) is 0 Å². The molecule has 1 heterocycles. The fraction of sp³-hybridized carbons (Fsp3) is 0.389. The highest BCUT2D eigenvalue weighted by Crippen LogP contribution is 2.26. The van der Waals surface area contributed by atoms with Gasteiger partial charge < -0.3 is 14.8 Å². The summed E-state index contributed by atoms with van der Waals surface area (Å²) in [5.74, 6) is 1.28. The first-order valence-corrected chi connectivity index (χ1v) is 7.97. The topological polar surface area (TPSA) is 62.5 Å². The van der Waals surface area contributed by atoms with E-state index in [-0.39, 0.29) is 12.5 Å². The zero-order chi connectivity index (χ0) is 17.0. The molecule has 0 fully saturated rings. The molecule has 0 radical (unpaired) electrons. The molecule has 23 heavy (non-hydrogen) atoms. The molecule has 0 bridgehead atoms. The Kier molecular flexibility index (Phi) is 5.50. The van der Waals surface area contributed by atoms with Crippen LogP contribution in [0.5, 0.6) is 0 Å². The number of furan rings is 1. The van der Waals surface area contributed by atoms with E-state index in [2.05, 4.69) is 5.32 Å². The number of aliphatic hydroxyl groups is 1. The summed E-state index contributed by atoms with van der Waals surface area (Å²) < 4.78 is 5.44. The second kappa shape index (κ2) is 7.20. The van der Waals surface area contributed by atoms with Crippen molar-refractivity contribution in [3.63, 3.8) is 0 Å². The van der Waals surface area contributed by atoms with Crippen LogP contribution in [0.1, 0.15) is 36.0 Å². The summed E-state index contributed by atoms with van der Waals surface area (Å²) >= 11 is 6.07. The van der Waals surface area contributed by atoms with E-state index >= 15 is 0 Å². The molecule has 1 unspecified atom stereocenters. The lowest BCUT2D eigenvalue weighted by atomic mass is 9.96. The number of nitrogens with one attached hydrogen (secondary N) is 1. The van der Waals surface area contributed by atoms with Crippen LogP contribution in [0, 0.1) is 13.8 Å². The maximum Gasteiger partial charge on any atom is 0.220 e. The summed E-state index contributed by atoms with van der Waals surface area (Å²) in [6.07, 6.45) is 0.890. The van der Waals surface area contributed by atoms with Crippen molar-refractivity contribution in [3.8, 4) is 0 Å². The van der Waals surface area contributed by atoms with Gasteiger partial charge in [0.1, 0.15) is 17.1 Å². The summed E-state index contributed by atoms with van der Waals surface area (Å²) in [6, 6.07) is 9.27. The van der Waals surface area contributed by atoms with Crippen LogP contribution in [0.25, 0.3) is 0 Å². The number of carbonyl (C=O) groups excluding carboxylic acids is 1. The molecule has 1 aromatic carbocycles. The molecular weight excluding hydrogens is 314 g/mol. The van der Waals surface area contributed by atoms with E-state index in [0.717, 1.165) is 11.3 Å². The van der Waals surface area contributed by atoms with E-state index in [0.29, 0.717) is 29.2 Å². The SMILES string of the molecule is Cc1cc(C(C)(O)CNC(=O)CCc2ccccc2Cl)c(C)o1. The molecule has 1 atom stereocenters. The maximum atomic E-state index is 12.0. The predicted molar refractivity (Wildman–Crippen MR) is 90.5 cm³/mol. The highest BCUT2D eigenvalue weighted by Gasteiger charge is 2.28. The van der Waals surface area contributed by atoms with Gasteiger partial charge in [0.2, 0.25) is 5.91 Å². The zero-order valence-corrected chi connectivity index (χ0v) is 14.4. The van der Waals surface area contributed by atoms with Crippen molar-refractivity contribution in [2.24, 2.45) is 0 Å². The van der Waals surface area contributed by atoms with Gasteiger partial charge in [0.05, 0.1) is 6.54 Å². The van der Waals surface area contributed by atoms with Crippen LogP contribution in [0.4, 0.5) is 0 Å². The van der Waals surface area contributed by atoms with Crippen LogP contribution in [-0.2, 0) is 16.8 Å². The molecule has 0 aliphatic rings. The highest BCUT2D eigenvalue weighted by atomic mass is 35.5. The number of rotatable bonds is 6. The molecule has 0 aliphatic heterocycles. The normalized spacial score (nSPS) is 13.6. The van der Waals surface area contributed by atoms with E-state index < -0.39 is 5.60 Å². The number of hydrogen-bond donors (Lipinski definition) is 2. The van der Waals surface area contributed by atoms with Crippen LogP contribution in [0.15, 0.2) is 34.7 Å². The number of hydrogen-bond acceptors (Lipinski definition) is 3. The van der Waals surface area contributed by atoms with Crippen molar-refractivity contribution in [3.05, 3.63) is 58.0 Å². The quantitative estimate of drug-likeness (QED) is 0.849. The second-order valence-electron chi connectivity index (χ2n) is 5.97. The monoisotopic (exact) mass is 335 g/mol. The van der Waals surface area contributed by atoms with E-state index in [1.54, 1.807) is 19.9 Å². The lowest BCUT2D eigenvalue weighted by Gasteiger charge is -2.23. The Morgan fingerprint density at radius 1 is 1.35 bits per heavy atom. The number of benzene rings is 1. The third-order valence-electron chi connectivity index (χ3n) is 3.83. The van der Waals surface area contributed by atoms with Gasteiger partial charge in [-0.3, -0.25) is 4.79 Å². The van der Waals surface area contributed by atoms with Crippen molar-refractivity contribution in [2.75, 3.05) is 6.54 Å². The van der Waals surface area contributed by atoms with Gasteiger partial charge in [0.25, 0.3) is 0 Å². The molecule has 0 saturated heterocycles. The first-order chi connectivity index (χ1) is 10.8. The average Bonchev–Trinajstić information content (AvgIpc) is 2.84. The number of amides is 1. The predicted octanol–water partition coefficient (Wildman–Crippen LogP) is 3.51. The van der Waals surface area contributed by atoms with Crippen LogP contribution in [0.2, 0.25) is 5.02 Å². The van der Waals surface area contributed by atoms with Crippen molar-refractivity contribution < 1.29 is 14.3 Å². The van der Waals surface area contributed by atoms with Gasteiger partial charge in [-0.05, 0) is 44.9 Å². The molecular formula is C18H22ClNO3. The van der Waals surface area contributed by atoms with Gasteiger partial charge in [0, 0.05) is 17.0 Å². The Morgan fingerprint density at radius 2 is 2.04 bits per heavy atom. The second-order valence-corrected chi connectivity index (χ2v) is 6.38. The molecule has 2 aromatic rings. The maximum absolute atomic E-state index is 12.0. The summed E-state index contributed by atoms with van der Waals surface area (Å²) in [5, 5.41) is 14.0. The van der Waals surface area contributed by atoms with Gasteiger partial charge >= 0.3 is 0 Å². The van der Waals surface area contributed by atoms with Gasteiger partial charge in [-0.25, -0.2) is 0 Å². The lowest BCUT2D eigenvalue weighted by molar-refractivity contribution is -0.122. The van der Waals surface area contributed by atoms with Crippen LogP contribution in [-0.4, -0.2) is 17.6 Å². The van der Waals surface area contributed by atoms with Crippen molar-refractivity contribution in [2.45, 2.75) is 39.2 Å². The minimum absolute atomic E-state index is 0.122. The lowest BCUT2D eigenvalue weighted by Crippen LogP contribution is -2.38. The highest BCUT2D eigenvalue weighted by molar-refractivity contribution is 6.31. The number of halogens is 1. The van der Waals surface area contributed by atoms with Gasteiger partial charge in [-0.1, -0.05) is 29.8 Å². The smallest absolute Gasteiger partial charge is 0.220 e. The summed E-state index contributed by atoms with van der Waals surface area (Å²) in [4.78, 5) is 12.0. The Labute approximate surface area is 141 Å². The molecule has 0 aliphatic carbocycles. The van der Waals surface area contributed by atoms with Crippen molar-refractivity contribution in [1.82, 2.24) is 5.32 Å². The first kappa shape index (κ1) is 17.6. The molecule has 1 amide bonds. The fourth-order valence-corrected chi connectivity index (χ4v) is 2.80.